The van der Waals surface area contributed by atoms with E-state index in [0.29, 0.717) is 12.8 Å². The summed E-state index contributed by atoms with van der Waals surface area (Å²) in [6.07, 6.45) is 6.67. The van der Waals surface area contributed by atoms with Crippen molar-refractivity contribution in [3.8, 4) is 17.1 Å². The Morgan fingerprint density at radius 2 is 2.00 bits per heavy atom. The summed E-state index contributed by atoms with van der Waals surface area (Å²) in [7, 11) is 0. The van der Waals surface area contributed by atoms with E-state index in [4.69, 9.17) is 4.74 Å². The van der Waals surface area contributed by atoms with Crippen LogP contribution in [-0.4, -0.2) is 28.0 Å². The summed E-state index contributed by atoms with van der Waals surface area (Å²) in [6.45, 7) is 5.54. The monoisotopic (exact) mass is 360 g/mol. The van der Waals surface area contributed by atoms with Gasteiger partial charge in [0.25, 0.3) is 0 Å². The molecule has 138 valence electrons. The van der Waals surface area contributed by atoms with Crippen LogP contribution in [0.5, 0.6) is 5.88 Å². The third kappa shape index (κ3) is 5.46. The van der Waals surface area contributed by atoms with Gasteiger partial charge in [-0.25, -0.2) is 8.78 Å². The Labute approximate surface area is 151 Å². The van der Waals surface area contributed by atoms with Gasteiger partial charge in [-0.3, -0.25) is 0 Å². The zero-order chi connectivity index (χ0) is 18.9. The number of hydrogen-bond donors (Lipinski definition) is 1. The number of nitrogens with zero attached hydrogens (tertiary/aromatic N) is 2. The Bertz CT molecular complexity index is 759. The molecule has 2 aromatic rings. The van der Waals surface area contributed by atoms with Crippen molar-refractivity contribution in [2.24, 2.45) is 0 Å². The van der Waals surface area contributed by atoms with Crippen molar-refractivity contribution in [3.05, 3.63) is 60.2 Å². The molecule has 1 atom stereocenters. The second-order valence-corrected chi connectivity index (χ2v) is 5.87. The third-order valence-corrected chi connectivity index (χ3v) is 3.67. The van der Waals surface area contributed by atoms with Crippen molar-refractivity contribution in [2.45, 2.75) is 32.3 Å². The van der Waals surface area contributed by atoms with E-state index in [9.17, 15) is 13.9 Å². The minimum absolute atomic E-state index is 0.0384. The van der Waals surface area contributed by atoms with Crippen molar-refractivity contribution in [1.29, 1.82) is 0 Å². The highest BCUT2D eigenvalue weighted by molar-refractivity contribution is 5.63. The molecule has 0 bridgehead atoms. The predicted octanol–water partition coefficient (Wildman–Crippen LogP) is 4.55. The molecule has 1 aromatic carbocycles. The van der Waals surface area contributed by atoms with Gasteiger partial charge in [-0.1, -0.05) is 30.9 Å². The quantitative estimate of drug-likeness (QED) is 0.526. The maximum atomic E-state index is 14.4. The molecule has 2 rings (SSSR count). The minimum Gasteiger partial charge on any atom is -0.472 e. The van der Waals surface area contributed by atoms with Gasteiger partial charge in [0.2, 0.25) is 5.88 Å². The number of aromatic nitrogens is 2. The van der Waals surface area contributed by atoms with Gasteiger partial charge >= 0.3 is 0 Å². The van der Waals surface area contributed by atoms with Crippen LogP contribution >= 0.6 is 0 Å². The van der Waals surface area contributed by atoms with Crippen LogP contribution in [0.3, 0.4) is 0 Å². The molecule has 0 radical (unpaired) electrons. The molecule has 0 saturated heterocycles. The Morgan fingerprint density at radius 1 is 1.19 bits per heavy atom. The molecule has 0 aliphatic heterocycles. The van der Waals surface area contributed by atoms with Crippen LogP contribution < -0.4 is 4.74 Å². The molecule has 1 heterocycles. The molecule has 0 fully saturated rings. The molecule has 0 aliphatic rings. The summed E-state index contributed by atoms with van der Waals surface area (Å²) in [5, 5.41) is 16.9. The fourth-order valence-electron chi connectivity index (χ4n) is 2.32. The van der Waals surface area contributed by atoms with Crippen LogP contribution in [-0.2, 0) is 0 Å². The molecule has 1 aromatic heterocycles. The highest BCUT2D eigenvalue weighted by Gasteiger charge is 2.15. The van der Waals surface area contributed by atoms with Gasteiger partial charge in [-0.05, 0) is 38.3 Å². The van der Waals surface area contributed by atoms with Crippen LogP contribution in [0.4, 0.5) is 8.78 Å². The molecular formula is C20H22F2N2O2. The van der Waals surface area contributed by atoms with Crippen molar-refractivity contribution in [1.82, 2.24) is 10.2 Å². The Kier molecular flexibility index (Phi) is 7.41. The first-order valence-corrected chi connectivity index (χ1v) is 8.43. The topological polar surface area (TPSA) is 55.2 Å². The molecular weight excluding hydrogens is 338 g/mol. The number of halogens is 2. The molecule has 1 N–H and O–H groups in total. The third-order valence-electron chi connectivity index (χ3n) is 3.67. The van der Waals surface area contributed by atoms with Gasteiger partial charge in [0.1, 0.15) is 6.61 Å². The number of benzene rings is 1. The maximum absolute atomic E-state index is 14.4. The summed E-state index contributed by atoms with van der Waals surface area (Å²) in [6, 6.07) is 6.04. The Hall–Kier alpha value is -2.60. The number of rotatable bonds is 9. The number of aliphatic hydroxyl groups is 1. The number of ether oxygens (including phenoxy) is 1. The lowest BCUT2D eigenvalue weighted by molar-refractivity contribution is 0.182. The largest absolute Gasteiger partial charge is 0.472 e. The molecule has 1 unspecified atom stereocenters. The highest BCUT2D eigenvalue weighted by Crippen LogP contribution is 2.26. The first kappa shape index (κ1) is 19.7. The zero-order valence-electron chi connectivity index (χ0n) is 14.7. The number of allylic oxidation sites excluding steroid dienone is 1. The van der Waals surface area contributed by atoms with Gasteiger partial charge in [-0.15, -0.1) is 10.2 Å². The molecule has 4 nitrogen and oxygen atoms in total. The fraction of sp³-hybridized carbons (Fsp3) is 0.300. The first-order chi connectivity index (χ1) is 12.5. The standard InChI is InChI=1S/C20H22F2N2O2/c1-3-13-26-18-12-11-17(23-24-18)16-10-9-15(19(21)20(16)22)8-6-4-5-7-14(2)25/h3,6,8-12,14,25H,1,4-5,7,13H2,2H3/b8-6+. The van der Waals surface area contributed by atoms with Crippen LogP contribution in [0.2, 0.25) is 0 Å². The van der Waals surface area contributed by atoms with Crippen molar-refractivity contribution >= 4 is 6.08 Å². The Morgan fingerprint density at radius 3 is 2.65 bits per heavy atom. The van der Waals surface area contributed by atoms with E-state index in [-0.39, 0.29) is 35.4 Å². The minimum atomic E-state index is -0.967. The van der Waals surface area contributed by atoms with Crippen LogP contribution in [0.15, 0.2) is 43.0 Å². The average Bonchev–Trinajstić information content (AvgIpc) is 2.63. The molecule has 0 amide bonds. The maximum Gasteiger partial charge on any atom is 0.233 e. The fourth-order valence-corrected chi connectivity index (χ4v) is 2.32. The second-order valence-electron chi connectivity index (χ2n) is 5.87. The summed E-state index contributed by atoms with van der Waals surface area (Å²) < 4.78 is 33.9. The van der Waals surface area contributed by atoms with E-state index >= 15 is 0 Å². The second kappa shape index (κ2) is 9.77. The van der Waals surface area contributed by atoms with Gasteiger partial charge < -0.3 is 9.84 Å². The Balaban J connectivity index is 2.11. The van der Waals surface area contributed by atoms with Crippen molar-refractivity contribution in [2.75, 3.05) is 6.61 Å². The summed E-state index contributed by atoms with van der Waals surface area (Å²) in [5.74, 6) is -1.61. The van der Waals surface area contributed by atoms with Gasteiger partial charge in [-0.2, -0.15) is 0 Å². The normalized spacial score (nSPS) is 12.3. The lowest BCUT2D eigenvalue weighted by Gasteiger charge is -2.07. The van der Waals surface area contributed by atoms with Crippen molar-refractivity contribution in [3.63, 3.8) is 0 Å². The molecule has 0 spiro atoms. The summed E-state index contributed by atoms with van der Waals surface area (Å²) >= 11 is 0. The summed E-state index contributed by atoms with van der Waals surface area (Å²) in [4.78, 5) is 0. The van der Waals surface area contributed by atoms with Gasteiger partial charge in [0.15, 0.2) is 11.6 Å². The lowest BCUT2D eigenvalue weighted by atomic mass is 10.1. The number of aliphatic hydroxyl groups excluding tert-OH is 1. The van der Waals surface area contributed by atoms with Gasteiger partial charge in [0.05, 0.1) is 11.8 Å². The highest BCUT2D eigenvalue weighted by atomic mass is 19.2. The van der Waals surface area contributed by atoms with E-state index in [1.807, 2.05) is 0 Å². The molecule has 26 heavy (non-hydrogen) atoms. The van der Waals surface area contributed by atoms with E-state index in [0.717, 1.165) is 6.42 Å². The van der Waals surface area contributed by atoms with E-state index in [1.54, 1.807) is 31.2 Å². The zero-order valence-corrected chi connectivity index (χ0v) is 14.7. The van der Waals surface area contributed by atoms with E-state index in [1.165, 1.54) is 18.2 Å². The lowest BCUT2D eigenvalue weighted by Crippen LogP contribution is -1.99. The van der Waals surface area contributed by atoms with E-state index in [2.05, 4.69) is 16.8 Å². The van der Waals surface area contributed by atoms with Crippen LogP contribution in [0.25, 0.3) is 17.3 Å². The average molecular weight is 360 g/mol. The van der Waals surface area contributed by atoms with Crippen LogP contribution in [0, 0.1) is 11.6 Å². The van der Waals surface area contributed by atoms with E-state index < -0.39 is 11.6 Å². The molecule has 6 heteroatoms. The van der Waals surface area contributed by atoms with Crippen LogP contribution in [0.1, 0.15) is 31.7 Å². The van der Waals surface area contributed by atoms with Gasteiger partial charge in [0, 0.05) is 17.2 Å². The summed E-state index contributed by atoms with van der Waals surface area (Å²) in [5.41, 5.74) is 0.429. The number of unbranched alkanes of at least 4 members (excludes halogenated alkanes) is 1. The number of hydrogen-bond acceptors (Lipinski definition) is 4. The smallest absolute Gasteiger partial charge is 0.233 e. The van der Waals surface area contributed by atoms with Crippen molar-refractivity contribution < 1.29 is 18.6 Å². The predicted molar refractivity (Wildman–Crippen MR) is 97.6 cm³/mol. The molecule has 0 saturated carbocycles. The molecule has 0 aliphatic carbocycles. The SMILES string of the molecule is C=CCOc1ccc(-c2ccc(/C=C/CCCC(C)O)c(F)c2F)nn1. The first-order valence-electron chi connectivity index (χ1n) is 8.43.